The van der Waals surface area contributed by atoms with Crippen LogP contribution in [0.2, 0.25) is 5.02 Å². The zero-order valence-corrected chi connectivity index (χ0v) is 34.8. The maximum absolute atomic E-state index is 14.5. The lowest BCUT2D eigenvalue weighted by atomic mass is 9.98. The van der Waals surface area contributed by atoms with Crippen LogP contribution >= 0.6 is 11.6 Å². The summed E-state index contributed by atoms with van der Waals surface area (Å²) in [5.74, 6) is -1.11. The number of carbonyl (C=O) groups is 4. The predicted octanol–water partition coefficient (Wildman–Crippen LogP) is 4.65. The molecule has 4 aliphatic rings. The van der Waals surface area contributed by atoms with Crippen molar-refractivity contribution in [2.45, 2.75) is 75.4 Å². The number of nitrogens with one attached hydrogen (secondary N) is 1. The summed E-state index contributed by atoms with van der Waals surface area (Å²) in [6.45, 7) is 4.10. The van der Waals surface area contributed by atoms with Crippen molar-refractivity contribution in [2.75, 3.05) is 97.7 Å². The lowest BCUT2D eigenvalue weighted by Gasteiger charge is -2.46. The average Bonchev–Trinajstić information content (AvgIpc) is 3.37. The molecule has 3 saturated heterocycles. The number of hydrogen-bond acceptors (Lipinski definition) is 10. The lowest BCUT2D eigenvalue weighted by molar-refractivity contribution is -0.159. The molecule has 0 unspecified atom stereocenters. The molecule has 2 aromatic carbocycles. The maximum Gasteiger partial charge on any atom is 0.418 e. The number of alkyl halides is 3. The molecule has 59 heavy (non-hydrogen) atoms. The number of nitrogen functional groups attached to an aromatic ring is 1. The fraction of sp³-hybridized carbons (Fsp3) is 0.610. The van der Waals surface area contributed by atoms with Gasteiger partial charge in [-0.3, -0.25) is 14.5 Å². The van der Waals surface area contributed by atoms with E-state index in [0.717, 1.165) is 49.8 Å². The minimum absolute atomic E-state index is 0.00336. The van der Waals surface area contributed by atoms with E-state index >= 15 is 0 Å². The first-order valence-corrected chi connectivity index (χ1v) is 20.8. The molecule has 3 fully saturated rings. The van der Waals surface area contributed by atoms with Crippen LogP contribution in [0.1, 0.15) is 48.8 Å². The van der Waals surface area contributed by atoms with Gasteiger partial charge in [0, 0.05) is 70.0 Å². The molecule has 2 aromatic rings. The van der Waals surface area contributed by atoms with Crippen LogP contribution in [0.4, 0.5) is 34.1 Å². The Kier molecular flexibility index (Phi) is 14.5. The fourth-order valence-corrected chi connectivity index (χ4v) is 8.78. The van der Waals surface area contributed by atoms with Crippen LogP contribution < -0.4 is 11.1 Å². The van der Waals surface area contributed by atoms with E-state index in [2.05, 4.69) is 15.1 Å². The maximum atomic E-state index is 14.5. The number of fused-ring (bicyclic) bond motifs is 1. The number of rotatable bonds is 11. The number of piperidine rings is 2. The highest BCUT2D eigenvalue weighted by Crippen LogP contribution is 2.38. The summed E-state index contributed by atoms with van der Waals surface area (Å²) >= 11 is 6.18. The summed E-state index contributed by atoms with van der Waals surface area (Å²) in [5.41, 5.74) is 5.71. The van der Waals surface area contributed by atoms with Gasteiger partial charge in [0.25, 0.3) is 5.91 Å². The van der Waals surface area contributed by atoms with Crippen LogP contribution in [0, 0.1) is 0 Å². The van der Waals surface area contributed by atoms with E-state index in [1.807, 2.05) is 50.3 Å². The third-order valence-electron chi connectivity index (χ3n) is 11.9. The number of hydrogen-bond donors (Lipinski definition) is 2. The van der Waals surface area contributed by atoms with Gasteiger partial charge in [-0.25, -0.2) is 9.59 Å². The molecule has 324 valence electrons. The van der Waals surface area contributed by atoms with Crippen LogP contribution in [0.15, 0.2) is 36.4 Å². The standard InChI is InChI=1S/C41H56ClF3N8O6/c1-48(2)14-6-22-58-38(55)34-26-51(20-21-52(34)29-10-15-49(3)16-11-29)37(54)35(25-27-23-31(41(43,44)45)36(46)32(42)24-27)59-40(57)50-17-12-30(13-18-50)53-19-9-28-7-4-5-8-33(28)47-39(53)56/h4-5,7-8,23-24,29-30,34-35H,6,9-22,25-26,46H2,1-3H3,(H,47,56)/t34-,35+/m0/s1. The molecule has 2 atom stereocenters. The van der Waals surface area contributed by atoms with Gasteiger partial charge < -0.3 is 45.0 Å². The zero-order valence-electron chi connectivity index (χ0n) is 34.0. The molecule has 18 heteroatoms. The number of esters is 1. The molecule has 0 spiro atoms. The molecule has 0 radical (unpaired) electrons. The summed E-state index contributed by atoms with van der Waals surface area (Å²) in [7, 11) is 5.90. The van der Waals surface area contributed by atoms with E-state index in [1.54, 1.807) is 4.90 Å². The number of nitrogens with zero attached hydrogens (tertiary/aromatic N) is 6. The molecule has 4 aliphatic heterocycles. The SMILES string of the molecule is CN(C)CCCOC(=O)[C@@H]1CN(C(=O)[C@@H](Cc2cc(Cl)c(N)c(C(F)(F)F)c2)OC(=O)N2CCC(N3CCc4ccccc4NC3=O)CC2)CCN1C1CCN(C)CC1. The van der Waals surface area contributed by atoms with Crippen molar-refractivity contribution < 1.29 is 41.8 Å². The van der Waals surface area contributed by atoms with Crippen LogP contribution in [-0.2, 0) is 38.1 Å². The van der Waals surface area contributed by atoms with Gasteiger partial charge in [0.2, 0.25) is 0 Å². The molecule has 4 amide bonds. The number of nitrogens with two attached hydrogens (primary N) is 1. The Labute approximate surface area is 348 Å². The van der Waals surface area contributed by atoms with E-state index in [0.29, 0.717) is 38.8 Å². The fourth-order valence-electron chi connectivity index (χ4n) is 8.54. The monoisotopic (exact) mass is 848 g/mol. The molecule has 0 aromatic heterocycles. The number of piperazine rings is 1. The molecular formula is C41H56ClF3N8O6. The van der Waals surface area contributed by atoms with Crippen molar-refractivity contribution in [3.05, 3.63) is 58.1 Å². The largest absolute Gasteiger partial charge is 0.464 e. The van der Waals surface area contributed by atoms with Crippen LogP contribution in [0.3, 0.4) is 0 Å². The third kappa shape index (κ3) is 11.1. The van der Waals surface area contributed by atoms with Gasteiger partial charge in [0.05, 0.1) is 22.9 Å². The van der Waals surface area contributed by atoms with Gasteiger partial charge in [-0.05, 0) is 102 Å². The van der Waals surface area contributed by atoms with Crippen LogP contribution in [-0.4, -0.2) is 164 Å². The average molecular weight is 849 g/mol. The zero-order chi connectivity index (χ0) is 42.4. The highest BCUT2D eigenvalue weighted by Gasteiger charge is 2.43. The number of urea groups is 1. The number of amides is 4. The number of ether oxygens (including phenoxy) is 2. The highest BCUT2D eigenvalue weighted by molar-refractivity contribution is 6.33. The van der Waals surface area contributed by atoms with Crippen molar-refractivity contribution >= 4 is 47.0 Å². The molecule has 0 saturated carbocycles. The second-order valence-corrected chi connectivity index (χ2v) is 16.7. The van der Waals surface area contributed by atoms with E-state index in [-0.39, 0.29) is 61.5 Å². The van der Waals surface area contributed by atoms with Gasteiger partial charge in [-0.1, -0.05) is 29.8 Å². The summed E-state index contributed by atoms with van der Waals surface area (Å²) in [6, 6.07) is 8.63. The molecule has 0 bridgehead atoms. The smallest absolute Gasteiger partial charge is 0.418 e. The normalized spacial score (nSPS) is 20.8. The number of carbonyl (C=O) groups excluding carboxylic acids is 4. The Bertz CT molecular complexity index is 1820. The number of anilines is 2. The second kappa shape index (κ2) is 19.4. The summed E-state index contributed by atoms with van der Waals surface area (Å²) in [4.78, 5) is 66.3. The molecule has 0 aliphatic carbocycles. The van der Waals surface area contributed by atoms with Crippen molar-refractivity contribution in [3.8, 4) is 0 Å². The second-order valence-electron chi connectivity index (χ2n) is 16.3. The molecule has 4 heterocycles. The summed E-state index contributed by atoms with van der Waals surface area (Å²) < 4.78 is 53.7. The van der Waals surface area contributed by atoms with Gasteiger partial charge in [-0.15, -0.1) is 0 Å². The van der Waals surface area contributed by atoms with E-state index in [4.69, 9.17) is 26.8 Å². The van der Waals surface area contributed by atoms with Crippen molar-refractivity contribution in [1.29, 1.82) is 0 Å². The van der Waals surface area contributed by atoms with E-state index in [1.165, 1.54) is 15.9 Å². The first-order valence-electron chi connectivity index (χ1n) is 20.4. The Morgan fingerprint density at radius 3 is 2.36 bits per heavy atom. The highest BCUT2D eigenvalue weighted by atomic mass is 35.5. The molecule has 14 nitrogen and oxygen atoms in total. The van der Waals surface area contributed by atoms with E-state index < -0.39 is 54.0 Å². The van der Waals surface area contributed by atoms with Crippen molar-refractivity contribution in [1.82, 2.24) is 29.4 Å². The first kappa shape index (κ1) is 44.2. The van der Waals surface area contributed by atoms with Gasteiger partial charge >= 0.3 is 24.3 Å². The molecular weight excluding hydrogens is 793 g/mol. The number of halogens is 4. The van der Waals surface area contributed by atoms with Gasteiger partial charge in [0.15, 0.2) is 6.10 Å². The summed E-state index contributed by atoms with van der Waals surface area (Å²) in [6.07, 6.45) is -3.74. The minimum atomic E-state index is -4.83. The van der Waals surface area contributed by atoms with Crippen LogP contribution in [0.25, 0.3) is 0 Å². The molecule has 6 rings (SSSR count). The first-order chi connectivity index (χ1) is 28.1. The summed E-state index contributed by atoms with van der Waals surface area (Å²) in [5, 5.41) is 2.63. The predicted molar refractivity (Wildman–Crippen MR) is 217 cm³/mol. The number of likely N-dealkylation sites (tertiary alicyclic amines) is 2. The Morgan fingerprint density at radius 1 is 0.966 bits per heavy atom. The number of benzene rings is 2. The minimum Gasteiger partial charge on any atom is -0.464 e. The Morgan fingerprint density at radius 2 is 1.66 bits per heavy atom. The third-order valence-corrected chi connectivity index (χ3v) is 12.2. The Balaban J connectivity index is 1.18. The number of para-hydroxylation sites is 1. The van der Waals surface area contributed by atoms with E-state index in [9.17, 15) is 32.3 Å². The van der Waals surface area contributed by atoms with Gasteiger partial charge in [-0.2, -0.15) is 13.2 Å². The van der Waals surface area contributed by atoms with Crippen LogP contribution in [0.5, 0.6) is 0 Å². The molecule has 3 N–H and O–H groups in total. The van der Waals surface area contributed by atoms with Crippen molar-refractivity contribution in [2.24, 2.45) is 0 Å². The lowest BCUT2D eigenvalue weighted by Crippen LogP contribution is -2.63. The van der Waals surface area contributed by atoms with Gasteiger partial charge in [0.1, 0.15) is 6.04 Å². The van der Waals surface area contributed by atoms with Crippen molar-refractivity contribution in [3.63, 3.8) is 0 Å². The quantitative estimate of drug-likeness (QED) is 0.187. The topological polar surface area (TPSA) is 144 Å². The Hall–Kier alpha value is -4.32.